The van der Waals surface area contributed by atoms with E-state index in [1.807, 2.05) is 11.9 Å². The predicted molar refractivity (Wildman–Crippen MR) is 73.1 cm³/mol. The number of hydrogen-bond donors (Lipinski definition) is 1. The van der Waals surface area contributed by atoms with Crippen LogP contribution >= 0.6 is 0 Å². The van der Waals surface area contributed by atoms with Gasteiger partial charge in [0, 0.05) is 12.6 Å². The molecule has 6 heteroatoms. The summed E-state index contributed by atoms with van der Waals surface area (Å²) in [5, 5.41) is 0. The minimum absolute atomic E-state index is 0.106. The zero-order chi connectivity index (χ0) is 15.6. The van der Waals surface area contributed by atoms with Crippen LogP contribution in [0.1, 0.15) is 30.4 Å². The molecule has 0 bridgehead atoms. The third kappa shape index (κ3) is 3.74. The summed E-state index contributed by atoms with van der Waals surface area (Å²) in [6, 6.07) is 3.06. The molecule has 0 spiro atoms. The van der Waals surface area contributed by atoms with Crippen molar-refractivity contribution in [3.8, 4) is 0 Å². The molecule has 1 aromatic rings. The Morgan fingerprint density at radius 2 is 2.00 bits per heavy atom. The lowest BCUT2D eigenvalue weighted by atomic mass is 10.0. The van der Waals surface area contributed by atoms with Gasteiger partial charge in [-0.1, -0.05) is 12.5 Å². The quantitative estimate of drug-likeness (QED) is 0.864. The summed E-state index contributed by atoms with van der Waals surface area (Å²) < 4.78 is 52.1. The van der Waals surface area contributed by atoms with Crippen LogP contribution in [0.2, 0.25) is 0 Å². The van der Waals surface area contributed by atoms with E-state index in [2.05, 4.69) is 0 Å². The highest BCUT2D eigenvalue weighted by atomic mass is 19.4. The Morgan fingerprint density at radius 1 is 1.29 bits per heavy atom. The first-order valence-corrected chi connectivity index (χ1v) is 7.09. The van der Waals surface area contributed by atoms with E-state index >= 15 is 0 Å². The molecule has 0 radical (unpaired) electrons. The van der Waals surface area contributed by atoms with Crippen LogP contribution in [0.3, 0.4) is 0 Å². The lowest BCUT2D eigenvalue weighted by Crippen LogP contribution is -2.37. The zero-order valence-electron chi connectivity index (χ0n) is 12.0. The van der Waals surface area contributed by atoms with Gasteiger partial charge in [-0.3, -0.25) is 4.90 Å². The Balaban J connectivity index is 2.19. The molecule has 0 aromatic heterocycles. The molecule has 1 aromatic carbocycles. The molecule has 2 atom stereocenters. The van der Waals surface area contributed by atoms with Crippen molar-refractivity contribution < 1.29 is 17.6 Å². The van der Waals surface area contributed by atoms with Gasteiger partial charge in [-0.15, -0.1) is 0 Å². The van der Waals surface area contributed by atoms with E-state index in [0.717, 1.165) is 25.3 Å². The van der Waals surface area contributed by atoms with Crippen molar-refractivity contribution in [1.82, 2.24) is 4.90 Å². The molecule has 2 nitrogen and oxygen atoms in total. The van der Waals surface area contributed by atoms with E-state index in [1.165, 1.54) is 6.07 Å². The second kappa shape index (κ2) is 6.32. The largest absolute Gasteiger partial charge is 0.416 e. The van der Waals surface area contributed by atoms with Crippen LogP contribution in [0.25, 0.3) is 0 Å². The lowest BCUT2D eigenvalue weighted by Gasteiger charge is -2.30. The molecule has 1 aliphatic carbocycles. The van der Waals surface area contributed by atoms with Crippen molar-refractivity contribution in [3.63, 3.8) is 0 Å². The molecule has 0 aliphatic heterocycles. The summed E-state index contributed by atoms with van der Waals surface area (Å²) in [5.74, 6) is -0.542. The second-order valence-electron chi connectivity index (χ2n) is 5.71. The minimum atomic E-state index is -4.54. The fourth-order valence-corrected chi connectivity index (χ4v) is 3.21. The summed E-state index contributed by atoms with van der Waals surface area (Å²) >= 11 is 0. The number of nitrogens with two attached hydrogens (primary N) is 1. The van der Waals surface area contributed by atoms with Gasteiger partial charge in [0.1, 0.15) is 5.82 Å². The van der Waals surface area contributed by atoms with Crippen LogP contribution in [0.5, 0.6) is 0 Å². The van der Waals surface area contributed by atoms with Gasteiger partial charge in [-0.2, -0.15) is 13.2 Å². The number of benzene rings is 1. The maximum absolute atomic E-state index is 13.1. The summed E-state index contributed by atoms with van der Waals surface area (Å²) in [6.07, 6.45) is -1.53. The molecular formula is C15H20F4N2. The summed E-state index contributed by atoms with van der Waals surface area (Å²) in [6.45, 7) is 0.695. The number of nitrogens with zero attached hydrogens (tertiary/aromatic N) is 1. The number of hydrogen-bond acceptors (Lipinski definition) is 2. The number of halogens is 4. The van der Waals surface area contributed by atoms with Crippen LogP contribution < -0.4 is 5.73 Å². The van der Waals surface area contributed by atoms with Gasteiger partial charge in [0.15, 0.2) is 0 Å². The predicted octanol–water partition coefficient (Wildman–Crippen LogP) is 3.40. The third-order valence-corrected chi connectivity index (χ3v) is 4.28. The van der Waals surface area contributed by atoms with Crippen LogP contribution in [0.4, 0.5) is 17.6 Å². The Bertz CT molecular complexity index is 487. The van der Waals surface area contributed by atoms with E-state index in [-0.39, 0.29) is 18.2 Å². The molecule has 1 saturated carbocycles. The van der Waals surface area contributed by atoms with E-state index in [0.29, 0.717) is 18.5 Å². The Kier molecular flexibility index (Phi) is 4.88. The number of rotatable bonds is 4. The van der Waals surface area contributed by atoms with Gasteiger partial charge in [0.2, 0.25) is 0 Å². The van der Waals surface area contributed by atoms with Gasteiger partial charge >= 0.3 is 6.18 Å². The highest BCUT2D eigenvalue weighted by Gasteiger charge is 2.35. The normalized spacial score (nSPS) is 23.0. The molecule has 21 heavy (non-hydrogen) atoms. The van der Waals surface area contributed by atoms with E-state index in [4.69, 9.17) is 5.73 Å². The molecule has 2 unspecified atom stereocenters. The van der Waals surface area contributed by atoms with Gasteiger partial charge in [-0.25, -0.2) is 4.39 Å². The van der Waals surface area contributed by atoms with Gasteiger partial charge in [0.25, 0.3) is 0 Å². The van der Waals surface area contributed by atoms with Gasteiger partial charge in [0.05, 0.1) is 5.56 Å². The Morgan fingerprint density at radius 3 is 2.62 bits per heavy atom. The van der Waals surface area contributed by atoms with E-state index in [9.17, 15) is 17.6 Å². The van der Waals surface area contributed by atoms with Crippen molar-refractivity contribution in [1.29, 1.82) is 0 Å². The van der Waals surface area contributed by atoms with E-state index in [1.54, 1.807) is 0 Å². The van der Waals surface area contributed by atoms with E-state index < -0.39 is 17.6 Å². The van der Waals surface area contributed by atoms with Crippen LogP contribution in [0.15, 0.2) is 18.2 Å². The first-order valence-electron chi connectivity index (χ1n) is 7.09. The zero-order valence-corrected chi connectivity index (χ0v) is 12.0. The summed E-state index contributed by atoms with van der Waals surface area (Å²) in [4.78, 5) is 1.91. The molecule has 0 heterocycles. The molecular weight excluding hydrogens is 284 g/mol. The monoisotopic (exact) mass is 304 g/mol. The molecule has 0 saturated heterocycles. The molecule has 1 fully saturated rings. The molecule has 118 valence electrons. The first-order chi connectivity index (χ1) is 9.82. The standard InChI is InChI=1S/C15H20F4N2/c1-21(14-4-2-3-10(14)8-20)9-11-5-6-12(16)7-13(11)15(17,18)19/h5-7,10,14H,2-4,8-9,20H2,1H3. The highest BCUT2D eigenvalue weighted by molar-refractivity contribution is 5.30. The second-order valence-corrected chi connectivity index (χ2v) is 5.71. The summed E-state index contributed by atoms with van der Waals surface area (Å²) in [5.41, 5.74) is 4.93. The van der Waals surface area contributed by atoms with Crippen molar-refractivity contribution in [2.75, 3.05) is 13.6 Å². The molecule has 2 N–H and O–H groups in total. The van der Waals surface area contributed by atoms with Crippen LogP contribution in [-0.4, -0.2) is 24.5 Å². The van der Waals surface area contributed by atoms with Gasteiger partial charge in [-0.05, 0) is 50.0 Å². The van der Waals surface area contributed by atoms with Crippen molar-refractivity contribution in [3.05, 3.63) is 35.1 Å². The maximum Gasteiger partial charge on any atom is 0.416 e. The number of alkyl halides is 3. The van der Waals surface area contributed by atoms with Crippen LogP contribution in [0, 0.1) is 11.7 Å². The first kappa shape index (κ1) is 16.2. The smallest absolute Gasteiger partial charge is 0.330 e. The Labute approximate surface area is 121 Å². The fourth-order valence-electron chi connectivity index (χ4n) is 3.21. The molecule has 1 aliphatic rings. The molecule has 2 rings (SSSR count). The SMILES string of the molecule is CN(Cc1ccc(F)cc1C(F)(F)F)C1CCCC1CN. The lowest BCUT2D eigenvalue weighted by molar-refractivity contribution is -0.138. The maximum atomic E-state index is 13.1. The van der Waals surface area contributed by atoms with Crippen molar-refractivity contribution >= 4 is 0 Å². The third-order valence-electron chi connectivity index (χ3n) is 4.28. The summed E-state index contributed by atoms with van der Waals surface area (Å²) in [7, 11) is 1.81. The average Bonchev–Trinajstić information content (AvgIpc) is 2.88. The average molecular weight is 304 g/mol. The van der Waals surface area contributed by atoms with Crippen LogP contribution in [-0.2, 0) is 12.7 Å². The van der Waals surface area contributed by atoms with Gasteiger partial charge < -0.3 is 5.73 Å². The van der Waals surface area contributed by atoms with Crippen molar-refractivity contribution in [2.24, 2.45) is 11.7 Å². The minimum Gasteiger partial charge on any atom is -0.330 e. The highest BCUT2D eigenvalue weighted by Crippen LogP contribution is 2.35. The van der Waals surface area contributed by atoms with Crippen molar-refractivity contribution in [2.45, 2.75) is 38.0 Å². The molecule has 0 amide bonds. The fraction of sp³-hybridized carbons (Fsp3) is 0.600. The topological polar surface area (TPSA) is 29.3 Å². The Hall–Kier alpha value is -1.14.